The van der Waals surface area contributed by atoms with Crippen molar-refractivity contribution < 1.29 is 28.1 Å². The van der Waals surface area contributed by atoms with Gasteiger partial charge in [0.1, 0.15) is 5.03 Å². The molecule has 3 rings (SSSR count). The van der Waals surface area contributed by atoms with Gasteiger partial charge in [0.2, 0.25) is 12.7 Å². The predicted molar refractivity (Wildman–Crippen MR) is 94.0 cm³/mol. The number of nitroso groups, excluding NO2 is 1. The minimum atomic E-state index is -2.99. The Kier molecular flexibility index (Phi) is 6.34. The van der Waals surface area contributed by atoms with E-state index in [2.05, 4.69) is 4.74 Å². The lowest BCUT2D eigenvalue weighted by atomic mass is 9.99. The Morgan fingerprint density at radius 3 is 2.63 bits per heavy atom. The average Bonchev–Trinajstić information content (AvgIpc) is 3.40. The quantitative estimate of drug-likeness (QED) is 0.591. The van der Waals surface area contributed by atoms with Crippen LogP contribution in [0, 0.1) is 10.8 Å². The molecule has 1 aromatic carbocycles. The topological polar surface area (TPSA) is 61.6 Å². The summed E-state index contributed by atoms with van der Waals surface area (Å²) in [5, 5.41) is 13.0. The Hall–Kier alpha value is -1.70. The summed E-state index contributed by atoms with van der Waals surface area (Å²) in [7, 11) is 0. The van der Waals surface area contributed by atoms with Gasteiger partial charge in [0, 0.05) is 9.67 Å². The monoisotopic (exact) mass is 419 g/mol. The number of ether oxygens (including phenoxy) is 2. The molecule has 9 heteroatoms. The third-order valence-corrected chi connectivity index (χ3v) is 4.96. The second-order valence-electron chi connectivity index (χ2n) is 6.47. The fourth-order valence-electron chi connectivity index (χ4n) is 2.65. The van der Waals surface area contributed by atoms with Gasteiger partial charge in [-0.25, -0.2) is 0 Å². The summed E-state index contributed by atoms with van der Waals surface area (Å²) in [6.45, 7) is -2.68. The molecule has 0 aromatic heterocycles. The average molecular weight is 420 g/mol. The van der Waals surface area contributed by atoms with Crippen LogP contribution in [-0.2, 0) is 0 Å². The molecule has 0 unspecified atom stereocenters. The van der Waals surface area contributed by atoms with Crippen LogP contribution in [0.3, 0.4) is 0 Å². The van der Waals surface area contributed by atoms with Crippen molar-refractivity contribution in [2.45, 2.75) is 32.0 Å². The first-order valence-electron chi connectivity index (χ1n) is 8.40. The van der Waals surface area contributed by atoms with Gasteiger partial charge in [-0.3, -0.25) is 0 Å². The molecule has 0 spiro atoms. The lowest BCUT2D eigenvalue weighted by Gasteiger charge is -2.26. The highest BCUT2D eigenvalue weighted by Crippen LogP contribution is 2.37. The van der Waals surface area contributed by atoms with Crippen LogP contribution in [-0.4, -0.2) is 24.5 Å². The molecule has 1 heterocycles. The van der Waals surface area contributed by atoms with Crippen LogP contribution < -0.4 is 14.6 Å². The van der Waals surface area contributed by atoms with E-state index in [4.69, 9.17) is 27.9 Å². The molecule has 146 valence electrons. The number of allylic oxidation sites excluding steroid dienone is 1. The lowest BCUT2D eigenvalue weighted by Crippen LogP contribution is -2.19. The number of hydrogen-bond acceptors (Lipinski definition) is 4. The number of hydrogen-bond donors (Lipinski definition) is 0. The van der Waals surface area contributed by atoms with E-state index in [1.807, 2.05) is 0 Å². The van der Waals surface area contributed by atoms with Crippen LogP contribution in [0.5, 0.6) is 11.5 Å². The normalized spacial score (nSPS) is 18.6. The standard InChI is InChI=1S/C18H17Cl2F2NO4/c19-13-7-23(25)8-14(20)12(13)6-15(24)11-3-4-16(27-18(21)22)17(5-11)26-9-10-1-2-10/h3-5,7,10,15,18H,1-2,6,8-9H2/t15-/m0/s1. The van der Waals surface area contributed by atoms with E-state index in [0.717, 1.165) is 12.8 Å². The molecular formula is C18H17Cl2F2NO4. The highest BCUT2D eigenvalue weighted by atomic mass is 35.5. The largest absolute Gasteiger partial charge is 0.848 e. The molecule has 2 aliphatic rings. The van der Waals surface area contributed by atoms with Gasteiger partial charge in [0.15, 0.2) is 11.5 Å². The summed E-state index contributed by atoms with van der Waals surface area (Å²) in [6.07, 6.45) is 1.92. The van der Waals surface area contributed by atoms with E-state index < -0.39 is 12.7 Å². The molecule has 0 amide bonds. The second kappa shape index (κ2) is 8.54. The molecule has 1 aromatic rings. The minimum absolute atomic E-state index is 0.0425. The maximum Gasteiger partial charge on any atom is 0.387 e. The van der Waals surface area contributed by atoms with Gasteiger partial charge in [-0.1, -0.05) is 40.9 Å². The van der Waals surface area contributed by atoms with Crippen LogP contribution in [0.25, 0.3) is 0 Å². The smallest absolute Gasteiger partial charge is 0.387 e. The van der Waals surface area contributed by atoms with Crippen LogP contribution >= 0.6 is 23.2 Å². The van der Waals surface area contributed by atoms with Gasteiger partial charge in [0.25, 0.3) is 0 Å². The van der Waals surface area contributed by atoms with E-state index in [9.17, 15) is 18.8 Å². The Labute approximate surface area is 164 Å². The third kappa shape index (κ3) is 5.40. The van der Waals surface area contributed by atoms with Crippen LogP contribution in [0.2, 0.25) is 0 Å². The molecule has 1 aliphatic heterocycles. The van der Waals surface area contributed by atoms with Gasteiger partial charge < -0.3 is 14.6 Å². The van der Waals surface area contributed by atoms with Crippen molar-refractivity contribution in [3.63, 3.8) is 0 Å². The van der Waals surface area contributed by atoms with E-state index >= 15 is 0 Å². The summed E-state index contributed by atoms with van der Waals surface area (Å²) >= 11 is 12.1. The first-order chi connectivity index (χ1) is 12.8. The number of rotatable bonds is 8. The Bertz CT molecular complexity index is 794. The van der Waals surface area contributed by atoms with Crippen molar-refractivity contribution in [3.8, 4) is 11.5 Å². The molecule has 1 aliphatic carbocycles. The van der Waals surface area contributed by atoms with Crippen molar-refractivity contribution in [1.29, 1.82) is 0 Å². The predicted octanol–water partition coefficient (Wildman–Crippen LogP) is 4.23. The molecule has 0 N–H and O–H groups in total. The number of alkyl halides is 2. The highest BCUT2D eigenvalue weighted by Gasteiger charge is 2.25. The zero-order chi connectivity index (χ0) is 19.6. The zero-order valence-corrected chi connectivity index (χ0v) is 15.7. The van der Waals surface area contributed by atoms with E-state index in [1.165, 1.54) is 24.4 Å². The second-order valence-corrected chi connectivity index (χ2v) is 7.33. The number of benzene rings is 1. The summed E-state index contributed by atoms with van der Waals surface area (Å²) < 4.78 is 35.8. The van der Waals surface area contributed by atoms with Gasteiger partial charge in [0.05, 0.1) is 11.6 Å². The third-order valence-electron chi connectivity index (χ3n) is 4.28. The molecule has 1 fully saturated rings. The van der Waals surface area contributed by atoms with Crippen LogP contribution in [0.4, 0.5) is 8.78 Å². The van der Waals surface area contributed by atoms with E-state index in [0.29, 0.717) is 28.4 Å². The first kappa shape index (κ1) is 20.0. The van der Waals surface area contributed by atoms with Crippen molar-refractivity contribution in [1.82, 2.24) is 0 Å². The summed E-state index contributed by atoms with van der Waals surface area (Å²) in [6, 6.07) is 4.11. The molecule has 0 bridgehead atoms. The molecule has 1 saturated carbocycles. The van der Waals surface area contributed by atoms with Crippen molar-refractivity contribution in [2.75, 3.05) is 13.2 Å². The first-order valence-corrected chi connectivity index (χ1v) is 9.15. The fourth-order valence-corrected chi connectivity index (χ4v) is 3.29. The van der Waals surface area contributed by atoms with Crippen LogP contribution in [0.15, 0.2) is 40.0 Å². The fraction of sp³-hybridized carbons (Fsp3) is 0.444. The highest BCUT2D eigenvalue weighted by molar-refractivity contribution is 6.35. The summed E-state index contributed by atoms with van der Waals surface area (Å²) in [5.41, 5.74) is 0.729. The molecule has 27 heavy (non-hydrogen) atoms. The van der Waals surface area contributed by atoms with Gasteiger partial charge in [-0.15, -0.1) is 0 Å². The van der Waals surface area contributed by atoms with Gasteiger partial charge in [-0.2, -0.15) is 8.78 Å². The van der Waals surface area contributed by atoms with E-state index in [1.54, 1.807) is 0 Å². The Morgan fingerprint density at radius 2 is 2.00 bits per heavy atom. The van der Waals surface area contributed by atoms with Gasteiger partial charge >= 0.3 is 6.61 Å². The summed E-state index contributed by atoms with van der Waals surface area (Å²) in [4.78, 5) is 11.4. The number of nitrogens with zero attached hydrogens (tertiary/aromatic N) is 1. The maximum atomic E-state index is 12.7. The Balaban J connectivity index is 1.78. The SMILES string of the molecule is O=[N+]1C=C(Cl)C(C[C@H]([O-])c2ccc(OC(F)F)c(OCC3CC3)c2)=C(Cl)C1. The zero-order valence-electron chi connectivity index (χ0n) is 14.2. The lowest BCUT2D eigenvalue weighted by molar-refractivity contribution is -0.471. The molecule has 1 atom stereocenters. The summed E-state index contributed by atoms with van der Waals surface area (Å²) in [5.74, 6) is 0.398. The van der Waals surface area contributed by atoms with E-state index in [-0.39, 0.29) is 34.5 Å². The molecule has 5 nitrogen and oxygen atoms in total. The van der Waals surface area contributed by atoms with Crippen molar-refractivity contribution in [3.05, 3.63) is 50.5 Å². The molecular weight excluding hydrogens is 403 g/mol. The molecule has 0 radical (unpaired) electrons. The maximum absolute atomic E-state index is 12.7. The van der Waals surface area contributed by atoms with Gasteiger partial charge in [-0.05, 0) is 42.9 Å². The van der Waals surface area contributed by atoms with Crippen molar-refractivity contribution in [2.24, 2.45) is 5.92 Å². The van der Waals surface area contributed by atoms with Crippen molar-refractivity contribution >= 4 is 23.2 Å². The van der Waals surface area contributed by atoms with Crippen LogP contribution in [0.1, 0.15) is 30.9 Å². The Morgan fingerprint density at radius 1 is 1.26 bits per heavy atom. The minimum Gasteiger partial charge on any atom is -0.848 e. The number of halogens is 4. The molecule has 0 saturated heterocycles.